The van der Waals surface area contributed by atoms with Crippen LogP contribution in [-0.4, -0.2) is 29.2 Å². The number of rotatable bonds is 7. The van der Waals surface area contributed by atoms with Crippen LogP contribution in [0.25, 0.3) is 16.6 Å². The predicted molar refractivity (Wildman–Crippen MR) is 112 cm³/mol. The first kappa shape index (κ1) is 22.1. The van der Waals surface area contributed by atoms with E-state index in [2.05, 4.69) is 21.3 Å². The van der Waals surface area contributed by atoms with Crippen LogP contribution >= 0.6 is 0 Å². The van der Waals surface area contributed by atoms with Crippen molar-refractivity contribution in [1.29, 1.82) is 0 Å². The normalized spacial score (nSPS) is 14.7. The molecule has 0 saturated heterocycles. The number of methoxy groups -OCH3 is 1. The molecule has 0 radical (unpaired) electrons. The van der Waals surface area contributed by atoms with Gasteiger partial charge in [0.05, 0.1) is 13.5 Å². The number of carbonyl (C=O) groups excluding carboxylic acids is 1. The number of hydrogen-bond acceptors (Lipinski definition) is 4. The fourth-order valence-corrected chi connectivity index (χ4v) is 3.27. The Balaban J connectivity index is 1.90. The van der Waals surface area contributed by atoms with Gasteiger partial charge in [0, 0.05) is 5.56 Å². The van der Waals surface area contributed by atoms with Crippen molar-refractivity contribution in [2.24, 2.45) is 0 Å². The number of hydrogen-bond donors (Lipinski definition) is 1. The summed E-state index contributed by atoms with van der Waals surface area (Å²) in [6.45, 7) is 5.71. The Bertz CT molecular complexity index is 1130. The van der Waals surface area contributed by atoms with Gasteiger partial charge < -0.3 is 14.5 Å². The molecule has 1 N–H and O–H groups in total. The van der Waals surface area contributed by atoms with Gasteiger partial charge in [0.15, 0.2) is 5.78 Å². The molecule has 31 heavy (non-hydrogen) atoms. The number of imidazole rings is 1. The van der Waals surface area contributed by atoms with Crippen molar-refractivity contribution >= 4 is 22.4 Å². The lowest BCUT2D eigenvalue weighted by Gasteiger charge is -2.08. The van der Waals surface area contributed by atoms with E-state index in [1.54, 1.807) is 19.3 Å². The lowest BCUT2D eigenvalue weighted by Crippen LogP contribution is -2.11. The van der Waals surface area contributed by atoms with Crippen molar-refractivity contribution in [1.82, 2.24) is 9.97 Å². The number of aromatic nitrogens is 2. The number of allylic oxidation sites excluding steroid dienone is 8. The van der Waals surface area contributed by atoms with Crippen molar-refractivity contribution in [2.45, 2.75) is 26.1 Å². The van der Waals surface area contributed by atoms with Gasteiger partial charge in [0.2, 0.25) is 0 Å². The van der Waals surface area contributed by atoms with Crippen LogP contribution in [0.15, 0.2) is 66.5 Å². The van der Waals surface area contributed by atoms with E-state index < -0.39 is 6.36 Å². The average Bonchev–Trinajstić information content (AvgIpc) is 2.99. The number of nitrogens with one attached hydrogen (secondary N) is 1. The fourth-order valence-electron chi connectivity index (χ4n) is 3.27. The maximum absolute atomic E-state index is 12.8. The van der Waals surface area contributed by atoms with Crippen molar-refractivity contribution in [3.8, 4) is 5.75 Å². The highest BCUT2D eigenvalue weighted by Gasteiger charge is 2.31. The van der Waals surface area contributed by atoms with Gasteiger partial charge in [0.25, 0.3) is 0 Å². The molecule has 0 unspecified atom stereocenters. The number of halogens is 3. The van der Waals surface area contributed by atoms with Gasteiger partial charge in [-0.15, -0.1) is 13.2 Å². The van der Waals surface area contributed by atoms with Crippen LogP contribution in [0.4, 0.5) is 13.2 Å². The number of carbonyl (C=O) groups is 1. The van der Waals surface area contributed by atoms with Crippen molar-refractivity contribution in [3.63, 3.8) is 0 Å². The second kappa shape index (κ2) is 9.07. The van der Waals surface area contributed by atoms with Gasteiger partial charge in [-0.25, -0.2) is 4.98 Å². The molecule has 0 aliphatic heterocycles. The highest BCUT2D eigenvalue weighted by Crippen LogP contribution is 2.31. The molecule has 2 aromatic rings. The first-order valence-electron chi connectivity index (χ1n) is 9.46. The molecular weight excluding hydrogens is 409 g/mol. The number of aromatic amines is 1. The third kappa shape index (κ3) is 5.14. The zero-order chi connectivity index (χ0) is 22.6. The van der Waals surface area contributed by atoms with E-state index in [1.807, 2.05) is 19.1 Å². The molecule has 1 aromatic carbocycles. The summed E-state index contributed by atoms with van der Waals surface area (Å²) < 4.78 is 46.5. The molecule has 8 heteroatoms. The Morgan fingerprint density at radius 2 is 2.10 bits per heavy atom. The molecule has 5 nitrogen and oxygen atoms in total. The second-order valence-corrected chi connectivity index (χ2v) is 6.69. The summed E-state index contributed by atoms with van der Waals surface area (Å²) in [6.07, 6.45) is 4.10. The highest BCUT2D eigenvalue weighted by atomic mass is 19.4. The predicted octanol–water partition coefficient (Wildman–Crippen LogP) is 5.58. The molecular formula is C23H21F3N2O3. The largest absolute Gasteiger partial charge is 0.573 e. The monoisotopic (exact) mass is 430 g/mol. The van der Waals surface area contributed by atoms with E-state index in [0.29, 0.717) is 28.2 Å². The second-order valence-electron chi connectivity index (χ2n) is 6.69. The van der Waals surface area contributed by atoms with E-state index >= 15 is 0 Å². The fraction of sp³-hybridized carbons (Fsp3) is 0.217. The zero-order valence-electron chi connectivity index (χ0n) is 17.0. The maximum Gasteiger partial charge on any atom is 0.573 e. The molecule has 0 amide bonds. The summed E-state index contributed by atoms with van der Waals surface area (Å²) in [5, 5.41) is 0. The quantitative estimate of drug-likeness (QED) is 0.583. The summed E-state index contributed by atoms with van der Waals surface area (Å²) in [6, 6.07) is 3.68. The zero-order valence-corrected chi connectivity index (χ0v) is 17.0. The molecule has 1 aliphatic carbocycles. The Morgan fingerprint density at radius 1 is 1.32 bits per heavy atom. The van der Waals surface area contributed by atoms with E-state index in [1.165, 1.54) is 18.2 Å². The number of alkyl halides is 3. The van der Waals surface area contributed by atoms with Gasteiger partial charge in [-0.1, -0.05) is 30.9 Å². The third-order valence-electron chi connectivity index (χ3n) is 4.71. The van der Waals surface area contributed by atoms with Crippen LogP contribution in [-0.2, 0) is 16.0 Å². The SMILES string of the molecule is C=C/C(=C\C)c1ccc(OC)c2[nH]c(CC(=O)C3=CC=C(OC(F)(F)F)C=CC3)nc12. The number of Topliss-reactive ketones (excluding diaryl/α,β-unsaturated/α-hetero) is 1. The summed E-state index contributed by atoms with van der Waals surface area (Å²) in [4.78, 5) is 20.5. The topological polar surface area (TPSA) is 64.2 Å². The summed E-state index contributed by atoms with van der Waals surface area (Å²) in [5.74, 6) is 0.369. The van der Waals surface area contributed by atoms with Crippen molar-refractivity contribution in [3.05, 3.63) is 77.9 Å². The number of ketones is 1. The smallest absolute Gasteiger partial charge is 0.494 e. The van der Waals surface area contributed by atoms with E-state index in [0.717, 1.165) is 17.2 Å². The minimum Gasteiger partial charge on any atom is -0.494 e. The summed E-state index contributed by atoms with van der Waals surface area (Å²) in [5.41, 5.74) is 3.38. The van der Waals surface area contributed by atoms with Gasteiger partial charge in [-0.2, -0.15) is 0 Å². The number of benzene rings is 1. The number of fused-ring (bicyclic) bond motifs is 1. The highest BCUT2D eigenvalue weighted by molar-refractivity contribution is 5.99. The molecule has 1 heterocycles. The molecule has 1 aromatic heterocycles. The molecule has 0 fully saturated rings. The maximum atomic E-state index is 12.8. The Morgan fingerprint density at radius 3 is 2.74 bits per heavy atom. The van der Waals surface area contributed by atoms with E-state index in [9.17, 15) is 18.0 Å². The van der Waals surface area contributed by atoms with Crippen molar-refractivity contribution < 1.29 is 27.4 Å². The molecule has 0 spiro atoms. The van der Waals surface area contributed by atoms with Crippen LogP contribution in [0.1, 0.15) is 24.7 Å². The van der Waals surface area contributed by atoms with Crippen LogP contribution in [0, 0.1) is 0 Å². The number of ether oxygens (including phenoxy) is 2. The lowest BCUT2D eigenvalue weighted by molar-refractivity contribution is -0.303. The Hall–Kier alpha value is -3.55. The Labute approximate surface area is 177 Å². The average molecular weight is 430 g/mol. The minimum absolute atomic E-state index is 0.0422. The molecule has 0 atom stereocenters. The lowest BCUT2D eigenvalue weighted by atomic mass is 10.0. The minimum atomic E-state index is -4.79. The number of nitrogens with zero attached hydrogens (tertiary/aromatic N) is 1. The number of H-pyrrole nitrogens is 1. The molecule has 0 saturated carbocycles. The summed E-state index contributed by atoms with van der Waals surface area (Å²) >= 11 is 0. The van der Waals surface area contributed by atoms with Gasteiger partial charge in [-0.3, -0.25) is 4.79 Å². The van der Waals surface area contributed by atoms with E-state index in [4.69, 9.17) is 4.74 Å². The van der Waals surface area contributed by atoms with E-state index in [-0.39, 0.29) is 24.4 Å². The van der Waals surface area contributed by atoms with Gasteiger partial charge >= 0.3 is 6.36 Å². The molecule has 0 bridgehead atoms. The third-order valence-corrected chi connectivity index (χ3v) is 4.71. The van der Waals surface area contributed by atoms with Gasteiger partial charge in [0.1, 0.15) is 28.4 Å². The first-order valence-corrected chi connectivity index (χ1v) is 9.46. The van der Waals surface area contributed by atoms with Crippen molar-refractivity contribution in [2.75, 3.05) is 7.11 Å². The van der Waals surface area contributed by atoms with Crippen LogP contribution in [0.2, 0.25) is 0 Å². The van der Waals surface area contributed by atoms with Crippen LogP contribution in [0.5, 0.6) is 5.75 Å². The van der Waals surface area contributed by atoms with Gasteiger partial charge in [-0.05, 0) is 48.8 Å². The molecule has 3 rings (SSSR count). The van der Waals surface area contributed by atoms with Crippen LogP contribution < -0.4 is 4.74 Å². The molecule has 1 aliphatic rings. The standard InChI is InChI=1S/C23H21F3N2O3/c1-4-14(5-2)17-11-12-19(30-3)22-21(17)27-20(28-22)13-18(29)15-7-6-8-16(10-9-15)31-23(24,25)26/h4-6,8-12H,1,7,13H2,2-3H3,(H,27,28)/b14-5+. The summed E-state index contributed by atoms with van der Waals surface area (Å²) in [7, 11) is 1.54. The molecule has 162 valence electrons. The first-order chi connectivity index (χ1) is 14.8. The van der Waals surface area contributed by atoms with Crippen LogP contribution in [0.3, 0.4) is 0 Å². The Kier molecular flexibility index (Phi) is 6.48.